The molecule has 0 saturated carbocycles. The van der Waals surface area contributed by atoms with E-state index >= 15 is 0 Å². The van der Waals surface area contributed by atoms with Crippen LogP contribution in [0.15, 0.2) is 58.9 Å². The summed E-state index contributed by atoms with van der Waals surface area (Å²) < 4.78 is 6.08. The van der Waals surface area contributed by atoms with Crippen molar-refractivity contribution in [3.63, 3.8) is 0 Å². The van der Waals surface area contributed by atoms with Gasteiger partial charge in [0.05, 0.1) is 18.0 Å². The van der Waals surface area contributed by atoms with Gasteiger partial charge in [-0.25, -0.2) is 0 Å². The van der Waals surface area contributed by atoms with Gasteiger partial charge in [-0.3, -0.25) is 4.79 Å². The zero-order chi connectivity index (χ0) is 21.3. The van der Waals surface area contributed by atoms with Crippen LogP contribution in [0.1, 0.15) is 25.8 Å². The molecule has 0 aliphatic carbocycles. The number of thioether (sulfide) groups is 1. The molecule has 30 heavy (non-hydrogen) atoms. The number of amides is 1. The fourth-order valence-corrected chi connectivity index (χ4v) is 4.75. The molecule has 0 radical (unpaired) electrons. The van der Waals surface area contributed by atoms with E-state index in [1.54, 1.807) is 7.11 Å². The van der Waals surface area contributed by atoms with Crippen molar-refractivity contribution >= 4 is 39.8 Å². The van der Waals surface area contributed by atoms with Crippen LogP contribution >= 0.6 is 23.1 Å². The van der Waals surface area contributed by atoms with E-state index in [1.165, 1.54) is 28.7 Å². The van der Waals surface area contributed by atoms with Crippen LogP contribution in [-0.4, -0.2) is 34.5 Å². The number of aromatic nitrogens is 2. The molecule has 0 bridgehead atoms. The fraction of sp³-hybridized carbons (Fsp3) is 0.318. The Balaban J connectivity index is 1.48. The molecule has 1 heterocycles. The lowest BCUT2D eigenvalue weighted by Crippen LogP contribution is -2.37. The number of para-hydroxylation sites is 2. The highest BCUT2D eigenvalue weighted by Crippen LogP contribution is 2.33. The first-order valence-corrected chi connectivity index (χ1v) is 11.5. The topological polar surface area (TPSA) is 76.1 Å². The van der Waals surface area contributed by atoms with Gasteiger partial charge in [0.1, 0.15) is 5.75 Å². The molecule has 1 aromatic heterocycles. The predicted molar refractivity (Wildman–Crippen MR) is 124 cm³/mol. The number of methoxy groups -OCH3 is 1. The number of hydrogen-bond donors (Lipinski definition) is 2. The van der Waals surface area contributed by atoms with Gasteiger partial charge in [-0.2, -0.15) is 0 Å². The van der Waals surface area contributed by atoms with Crippen molar-refractivity contribution in [3.05, 3.63) is 60.2 Å². The number of anilines is 2. The molecule has 0 fully saturated rings. The second-order valence-electron chi connectivity index (χ2n) is 6.89. The molecule has 0 saturated heterocycles. The first kappa shape index (κ1) is 22.1. The first-order valence-electron chi connectivity index (χ1n) is 9.79. The van der Waals surface area contributed by atoms with E-state index in [2.05, 4.69) is 33.0 Å². The van der Waals surface area contributed by atoms with Crippen molar-refractivity contribution in [2.24, 2.45) is 0 Å². The second-order valence-corrected chi connectivity index (χ2v) is 9.46. The zero-order valence-corrected chi connectivity index (χ0v) is 18.9. The molecule has 0 unspecified atom stereocenters. The number of carbonyl (C=O) groups is 1. The molecule has 0 aliphatic rings. The molecule has 3 aromatic rings. The fourth-order valence-electron chi connectivity index (χ4n) is 2.84. The summed E-state index contributed by atoms with van der Waals surface area (Å²) in [6, 6.07) is 18.0. The minimum absolute atomic E-state index is 0.00926. The smallest absolute Gasteiger partial charge is 0.233 e. The molecule has 0 aliphatic heterocycles. The molecule has 6 nitrogen and oxygen atoms in total. The van der Waals surface area contributed by atoms with Crippen LogP contribution in [-0.2, 0) is 11.2 Å². The number of rotatable bonds is 10. The van der Waals surface area contributed by atoms with E-state index in [0.29, 0.717) is 5.13 Å². The quantitative estimate of drug-likeness (QED) is 0.435. The number of ether oxygens (including phenoxy) is 1. The summed E-state index contributed by atoms with van der Waals surface area (Å²) in [5.41, 5.74) is 2.11. The molecule has 0 spiro atoms. The van der Waals surface area contributed by atoms with Crippen LogP contribution in [0.5, 0.6) is 5.75 Å². The van der Waals surface area contributed by atoms with Crippen molar-refractivity contribution < 1.29 is 9.53 Å². The summed E-state index contributed by atoms with van der Waals surface area (Å²) in [6.07, 6.45) is 1.84. The Morgan fingerprint density at radius 1 is 1.10 bits per heavy atom. The highest BCUT2D eigenvalue weighted by atomic mass is 32.2. The van der Waals surface area contributed by atoms with Gasteiger partial charge < -0.3 is 15.4 Å². The maximum absolute atomic E-state index is 12.5. The van der Waals surface area contributed by atoms with Gasteiger partial charge in [0.2, 0.25) is 11.0 Å². The summed E-state index contributed by atoms with van der Waals surface area (Å²) in [6.45, 7) is 3.93. The van der Waals surface area contributed by atoms with Crippen molar-refractivity contribution in [2.45, 2.75) is 42.3 Å². The molecule has 3 rings (SSSR count). The molecular weight excluding hydrogens is 416 g/mol. The van der Waals surface area contributed by atoms with Crippen LogP contribution in [0.4, 0.5) is 10.8 Å². The molecule has 8 heteroatoms. The third-order valence-electron chi connectivity index (χ3n) is 4.50. The highest BCUT2D eigenvalue weighted by Gasteiger charge is 2.19. The van der Waals surface area contributed by atoms with Gasteiger partial charge in [0.15, 0.2) is 4.34 Å². The molecule has 2 N–H and O–H groups in total. The largest absolute Gasteiger partial charge is 0.495 e. The van der Waals surface area contributed by atoms with Gasteiger partial charge in [-0.15, -0.1) is 10.2 Å². The SMILES string of the molecule is COc1ccccc1Nc1nnc(S[C@@H](C)C(=O)N[C@H](C)CCc2ccccc2)s1. The average Bonchev–Trinajstić information content (AvgIpc) is 3.20. The Hall–Kier alpha value is -2.58. The van der Waals surface area contributed by atoms with Gasteiger partial charge in [0, 0.05) is 6.04 Å². The van der Waals surface area contributed by atoms with Gasteiger partial charge in [-0.1, -0.05) is 65.6 Å². The molecule has 2 aromatic carbocycles. The molecule has 158 valence electrons. The Kier molecular flexibility index (Phi) is 8.10. The summed E-state index contributed by atoms with van der Waals surface area (Å²) in [7, 11) is 1.63. The van der Waals surface area contributed by atoms with E-state index in [9.17, 15) is 4.79 Å². The number of aryl methyl sites for hydroxylation is 1. The Bertz CT molecular complexity index is 949. The van der Waals surface area contributed by atoms with E-state index in [-0.39, 0.29) is 17.2 Å². The van der Waals surface area contributed by atoms with Crippen molar-refractivity contribution in [1.29, 1.82) is 0 Å². The third kappa shape index (κ3) is 6.47. The standard InChI is InChI=1S/C22H26N4O2S2/c1-15(13-14-17-9-5-4-6-10-17)23-20(27)16(2)29-22-26-25-21(30-22)24-18-11-7-8-12-19(18)28-3/h4-12,15-16H,13-14H2,1-3H3,(H,23,27)(H,24,25)/t15-,16+/m1/s1. The lowest BCUT2D eigenvalue weighted by molar-refractivity contribution is -0.120. The van der Waals surface area contributed by atoms with Crippen LogP contribution in [0.3, 0.4) is 0 Å². The van der Waals surface area contributed by atoms with Gasteiger partial charge in [0.25, 0.3) is 0 Å². The average molecular weight is 443 g/mol. The second kappa shape index (κ2) is 11.0. The normalized spacial score (nSPS) is 12.8. The summed E-state index contributed by atoms with van der Waals surface area (Å²) in [4.78, 5) is 12.5. The van der Waals surface area contributed by atoms with Crippen molar-refractivity contribution in [2.75, 3.05) is 12.4 Å². The number of nitrogens with zero attached hydrogens (tertiary/aromatic N) is 2. The van der Waals surface area contributed by atoms with Gasteiger partial charge in [-0.05, 0) is 44.4 Å². The Morgan fingerprint density at radius 3 is 2.60 bits per heavy atom. The third-order valence-corrected chi connectivity index (χ3v) is 6.52. The lowest BCUT2D eigenvalue weighted by Gasteiger charge is -2.16. The number of nitrogens with one attached hydrogen (secondary N) is 2. The van der Waals surface area contributed by atoms with Crippen LogP contribution in [0.2, 0.25) is 0 Å². The number of carbonyl (C=O) groups excluding carboxylic acids is 1. The van der Waals surface area contributed by atoms with Crippen LogP contribution in [0.25, 0.3) is 0 Å². The summed E-state index contributed by atoms with van der Waals surface area (Å²) in [5.74, 6) is 0.745. The van der Waals surface area contributed by atoms with Gasteiger partial charge >= 0.3 is 0 Å². The highest BCUT2D eigenvalue weighted by molar-refractivity contribution is 8.02. The van der Waals surface area contributed by atoms with E-state index < -0.39 is 0 Å². The Labute approximate surface area is 185 Å². The van der Waals surface area contributed by atoms with E-state index in [0.717, 1.165) is 28.6 Å². The van der Waals surface area contributed by atoms with Crippen molar-refractivity contribution in [1.82, 2.24) is 15.5 Å². The minimum Gasteiger partial charge on any atom is -0.495 e. The summed E-state index contributed by atoms with van der Waals surface area (Å²) in [5, 5.41) is 15.1. The van der Waals surface area contributed by atoms with E-state index in [1.807, 2.05) is 56.3 Å². The minimum atomic E-state index is -0.253. The molecule has 1 amide bonds. The number of hydrogen-bond acceptors (Lipinski definition) is 7. The maximum Gasteiger partial charge on any atom is 0.233 e. The predicted octanol–water partition coefficient (Wildman–Crippen LogP) is 4.91. The molecular formula is C22H26N4O2S2. The monoisotopic (exact) mass is 442 g/mol. The lowest BCUT2D eigenvalue weighted by atomic mass is 10.1. The number of benzene rings is 2. The zero-order valence-electron chi connectivity index (χ0n) is 17.3. The van der Waals surface area contributed by atoms with E-state index in [4.69, 9.17) is 4.74 Å². The molecule has 2 atom stereocenters. The van der Waals surface area contributed by atoms with Crippen molar-refractivity contribution in [3.8, 4) is 5.75 Å². The maximum atomic E-state index is 12.5. The van der Waals surface area contributed by atoms with Crippen LogP contribution < -0.4 is 15.4 Å². The van der Waals surface area contributed by atoms with Crippen LogP contribution in [0, 0.1) is 0 Å². The Morgan fingerprint density at radius 2 is 1.83 bits per heavy atom. The summed E-state index contributed by atoms with van der Waals surface area (Å²) >= 11 is 2.82. The first-order chi connectivity index (χ1) is 14.5.